The molecule has 0 aliphatic carbocycles. The fourth-order valence-electron chi connectivity index (χ4n) is 1.89. The van der Waals surface area contributed by atoms with Crippen molar-refractivity contribution in [2.75, 3.05) is 11.9 Å². The van der Waals surface area contributed by atoms with Gasteiger partial charge in [0.15, 0.2) is 0 Å². The summed E-state index contributed by atoms with van der Waals surface area (Å²) >= 11 is 4.88. The molecule has 0 aromatic heterocycles. The van der Waals surface area contributed by atoms with E-state index in [9.17, 15) is 8.78 Å². The Morgan fingerprint density at radius 3 is 2.15 bits per heavy atom. The zero-order chi connectivity index (χ0) is 14.7. The van der Waals surface area contributed by atoms with Crippen molar-refractivity contribution in [1.82, 2.24) is 0 Å². The van der Waals surface area contributed by atoms with Crippen molar-refractivity contribution in [2.45, 2.75) is 6.54 Å². The first kappa shape index (κ1) is 14.4. The minimum absolute atomic E-state index is 0.0495. The minimum Gasteiger partial charge on any atom is -0.389 e. The van der Waals surface area contributed by atoms with Gasteiger partial charge in [0.2, 0.25) is 0 Å². The third-order valence-corrected chi connectivity index (χ3v) is 3.29. The smallest absolute Gasteiger partial charge is 0.131 e. The summed E-state index contributed by atoms with van der Waals surface area (Å²) in [6.45, 7) is 0.144. The normalized spacial score (nSPS) is 10.3. The van der Waals surface area contributed by atoms with Crippen molar-refractivity contribution in [3.8, 4) is 0 Å². The average Bonchev–Trinajstić information content (AvgIpc) is 2.43. The number of benzene rings is 2. The molecular formula is C15H14F2N2S. The third-order valence-electron chi connectivity index (χ3n) is 3.05. The zero-order valence-electron chi connectivity index (χ0n) is 10.9. The molecule has 0 radical (unpaired) electrons. The van der Waals surface area contributed by atoms with E-state index < -0.39 is 11.6 Å². The molecule has 20 heavy (non-hydrogen) atoms. The summed E-state index contributed by atoms with van der Waals surface area (Å²) in [7, 11) is 1.77. The van der Waals surface area contributed by atoms with Gasteiger partial charge in [-0.2, -0.15) is 0 Å². The molecule has 0 fully saturated rings. The molecule has 0 saturated heterocycles. The molecule has 0 saturated carbocycles. The summed E-state index contributed by atoms with van der Waals surface area (Å²) in [5.74, 6) is -1.09. The zero-order valence-corrected chi connectivity index (χ0v) is 11.8. The van der Waals surface area contributed by atoms with Gasteiger partial charge in [-0.05, 0) is 36.4 Å². The maximum Gasteiger partial charge on any atom is 0.131 e. The van der Waals surface area contributed by atoms with Crippen LogP contribution in [-0.4, -0.2) is 12.0 Å². The first-order chi connectivity index (χ1) is 9.49. The highest BCUT2D eigenvalue weighted by atomic mass is 32.1. The van der Waals surface area contributed by atoms with Crippen molar-refractivity contribution in [1.29, 1.82) is 0 Å². The molecule has 2 N–H and O–H groups in total. The molecule has 0 spiro atoms. The number of hydrogen-bond acceptors (Lipinski definition) is 2. The van der Waals surface area contributed by atoms with Crippen molar-refractivity contribution >= 4 is 22.9 Å². The fourth-order valence-corrected chi connectivity index (χ4v) is 2.03. The Balaban J connectivity index is 2.19. The van der Waals surface area contributed by atoms with Crippen molar-refractivity contribution < 1.29 is 8.78 Å². The molecule has 0 atom stereocenters. The predicted octanol–water partition coefficient (Wildman–Crippen LogP) is 3.24. The summed E-state index contributed by atoms with van der Waals surface area (Å²) in [6, 6.07) is 11.0. The Morgan fingerprint density at radius 1 is 1.10 bits per heavy atom. The van der Waals surface area contributed by atoms with Gasteiger partial charge in [0.25, 0.3) is 0 Å². The first-order valence-corrected chi connectivity index (χ1v) is 6.43. The average molecular weight is 292 g/mol. The standard InChI is InChI=1S/C15H14F2N2S/c1-19(9-12-13(16)3-2-4-14(12)17)11-7-5-10(6-8-11)15(18)20/h2-8H,9H2,1H3,(H2,18,20). The second-order valence-corrected chi connectivity index (χ2v) is 4.91. The Morgan fingerprint density at radius 2 is 1.65 bits per heavy atom. The van der Waals surface area contributed by atoms with Gasteiger partial charge in [-0.15, -0.1) is 0 Å². The monoisotopic (exact) mass is 292 g/mol. The highest BCUT2D eigenvalue weighted by Gasteiger charge is 2.11. The molecule has 2 aromatic carbocycles. The molecule has 0 aliphatic heterocycles. The van der Waals surface area contributed by atoms with Crippen molar-refractivity contribution in [3.63, 3.8) is 0 Å². The number of hydrogen-bond donors (Lipinski definition) is 1. The molecule has 2 aromatic rings. The quantitative estimate of drug-likeness (QED) is 0.877. The van der Waals surface area contributed by atoms with Crippen LogP contribution in [-0.2, 0) is 6.54 Å². The van der Waals surface area contributed by atoms with E-state index in [-0.39, 0.29) is 12.1 Å². The number of halogens is 2. The Kier molecular flexibility index (Phi) is 4.29. The second-order valence-electron chi connectivity index (χ2n) is 4.47. The van der Waals surface area contributed by atoms with E-state index in [0.29, 0.717) is 4.99 Å². The number of rotatable bonds is 4. The number of thiocarbonyl (C=S) groups is 1. The summed E-state index contributed by atoms with van der Waals surface area (Å²) in [5, 5.41) is 0. The minimum atomic E-state index is -0.545. The highest BCUT2D eigenvalue weighted by Crippen LogP contribution is 2.19. The predicted molar refractivity (Wildman–Crippen MR) is 80.8 cm³/mol. The Bertz CT molecular complexity index is 606. The SMILES string of the molecule is CN(Cc1c(F)cccc1F)c1ccc(C(N)=S)cc1. The fraction of sp³-hybridized carbons (Fsp3) is 0.133. The van der Waals surface area contributed by atoms with E-state index in [1.54, 1.807) is 24.1 Å². The van der Waals surface area contributed by atoms with Crippen LogP contribution in [0.1, 0.15) is 11.1 Å². The molecule has 104 valence electrons. The topological polar surface area (TPSA) is 29.3 Å². The van der Waals surface area contributed by atoms with Crippen LogP contribution in [0.3, 0.4) is 0 Å². The van der Waals surface area contributed by atoms with Gasteiger partial charge in [0.05, 0.1) is 0 Å². The summed E-state index contributed by atoms with van der Waals surface area (Å²) in [4.78, 5) is 2.07. The molecular weight excluding hydrogens is 278 g/mol. The number of nitrogens with two attached hydrogens (primary N) is 1. The van der Waals surface area contributed by atoms with Crippen LogP contribution in [0.25, 0.3) is 0 Å². The van der Waals surface area contributed by atoms with Crippen molar-refractivity contribution in [3.05, 3.63) is 65.2 Å². The van der Waals surface area contributed by atoms with Crippen LogP contribution in [0.2, 0.25) is 0 Å². The number of nitrogens with zero attached hydrogens (tertiary/aromatic N) is 1. The molecule has 2 nitrogen and oxygen atoms in total. The lowest BCUT2D eigenvalue weighted by Crippen LogP contribution is -2.18. The van der Waals surface area contributed by atoms with E-state index in [4.69, 9.17) is 18.0 Å². The Hall–Kier alpha value is -2.01. The van der Waals surface area contributed by atoms with Crippen LogP contribution in [0.15, 0.2) is 42.5 Å². The lowest BCUT2D eigenvalue weighted by Gasteiger charge is -2.20. The van der Waals surface area contributed by atoms with Crippen LogP contribution in [0.4, 0.5) is 14.5 Å². The largest absolute Gasteiger partial charge is 0.389 e. The van der Waals surface area contributed by atoms with Gasteiger partial charge in [-0.1, -0.05) is 18.3 Å². The summed E-state index contributed by atoms with van der Waals surface area (Å²) in [5.41, 5.74) is 7.16. The molecule has 0 amide bonds. The molecule has 5 heteroatoms. The van der Waals surface area contributed by atoms with Crippen LogP contribution >= 0.6 is 12.2 Å². The van der Waals surface area contributed by atoms with Gasteiger partial charge in [0, 0.05) is 30.4 Å². The van der Waals surface area contributed by atoms with Crippen LogP contribution < -0.4 is 10.6 Å². The first-order valence-electron chi connectivity index (χ1n) is 6.03. The van der Waals surface area contributed by atoms with Gasteiger partial charge < -0.3 is 10.6 Å². The summed E-state index contributed by atoms with van der Waals surface area (Å²) in [6.07, 6.45) is 0. The second kappa shape index (κ2) is 5.96. The van der Waals surface area contributed by atoms with Gasteiger partial charge in [0.1, 0.15) is 16.6 Å². The van der Waals surface area contributed by atoms with E-state index in [0.717, 1.165) is 11.3 Å². The van der Waals surface area contributed by atoms with E-state index in [2.05, 4.69) is 0 Å². The van der Waals surface area contributed by atoms with Crippen LogP contribution in [0, 0.1) is 11.6 Å². The lowest BCUT2D eigenvalue weighted by molar-refractivity contribution is 0.554. The van der Waals surface area contributed by atoms with Gasteiger partial charge in [-0.3, -0.25) is 0 Å². The van der Waals surface area contributed by atoms with E-state index in [1.165, 1.54) is 18.2 Å². The lowest BCUT2D eigenvalue weighted by atomic mass is 10.1. The maximum atomic E-state index is 13.6. The third kappa shape index (κ3) is 3.11. The number of anilines is 1. The Labute approximate surface area is 121 Å². The molecule has 0 heterocycles. The van der Waals surface area contributed by atoms with Crippen molar-refractivity contribution in [2.24, 2.45) is 5.73 Å². The summed E-state index contributed by atoms with van der Waals surface area (Å²) < 4.78 is 27.2. The van der Waals surface area contributed by atoms with Gasteiger partial charge >= 0.3 is 0 Å². The maximum absolute atomic E-state index is 13.6. The van der Waals surface area contributed by atoms with E-state index >= 15 is 0 Å². The molecule has 0 aliphatic rings. The molecule has 0 unspecified atom stereocenters. The molecule has 2 rings (SSSR count). The van der Waals surface area contributed by atoms with Crippen LogP contribution in [0.5, 0.6) is 0 Å². The molecule has 0 bridgehead atoms. The van der Waals surface area contributed by atoms with Gasteiger partial charge in [-0.25, -0.2) is 8.78 Å². The van der Waals surface area contributed by atoms with E-state index in [1.807, 2.05) is 12.1 Å². The highest BCUT2D eigenvalue weighted by molar-refractivity contribution is 7.80.